The van der Waals surface area contributed by atoms with E-state index in [2.05, 4.69) is 26.0 Å². The van der Waals surface area contributed by atoms with E-state index in [-0.39, 0.29) is 6.04 Å². The summed E-state index contributed by atoms with van der Waals surface area (Å²) in [7, 11) is 0. The molecule has 102 valence electrons. The first kappa shape index (κ1) is 14.2. The van der Waals surface area contributed by atoms with Crippen LogP contribution in [0.2, 0.25) is 0 Å². The molecule has 0 bridgehead atoms. The van der Waals surface area contributed by atoms with Gasteiger partial charge in [-0.25, -0.2) is 9.67 Å². The summed E-state index contributed by atoms with van der Waals surface area (Å²) in [4.78, 5) is 4.25. The van der Waals surface area contributed by atoms with Crippen molar-refractivity contribution >= 4 is 15.9 Å². The average molecular weight is 324 g/mol. The van der Waals surface area contributed by atoms with Crippen LogP contribution in [0.1, 0.15) is 38.2 Å². The van der Waals surface area contributed by atoms with E-state index < -0.39 is 5.60 Å². The van der Waals surface area contributed by atoms with Crippen LogP contribution in [0.5, 0.6) is 0 Å². The molecular weight excluding hydrogens is 306 g/mol. The molecule has 0 aliphatic rings. The van der Waals surface area contributed by atoms with Gasteiger partial charge in [-0.1, -0.05) is 28.1 Å². The van der Waals surface area contributed by atoms with Crippen molar-refractivity contribution < 1.29 is 5.11 Å². The lowest BCUT2D eigenvalue weighted by Gasteiger charge is -2.24. The number of benzene rings is 1. The van der Waals surface area contributed by atoms with Crippen LogP contribution in [0.4, 0.5) is 0 Å². The molecule has 0 fully saturated rings. The van der Waals surface area contributed by atoms with Crippen molar-refractivity contribution in [2.24, 2.45) is 0 Å². The number of aliphatic hydroxyl groups is 1. The molecule has 4 nitrogen and oxygen atoms in total. The van der Waals surface area contributed by atoms with E-state index in [1.54, 1.807) is 6.92 Å². The predicted octanol–water partition coefficient (Wildman–Crippen LogP) is 3.07. The van der Waals surface area contributed by atoms with Gasteiger partial charge in [-0.15, -0.1) is 0 Å². The number of rotatable bonds is 4. The molecule has 1 aromatic carbocycles. The normalized spacial score (nSPS) is 14.6. The van der Waals surface area contributed by atoms with Gasteiger partial charge < -0.3 is 5.11 Å². The van der Waals surface area contributed by atoms with Crippen LogP contribution in [0.3, 0.4) is 0 Å². The van der Waals surface area contributed by atoms with E-state index in [1.807, 2.05) is 42.8 Å². The van der Waals surface area contributed by atoms with Gasteiger partial charge in [-0.2, -0.15) is 5.10 Å². The fraction of sp³-hybridized carbons (Fsp3) is 0.429. The molecule has 0 saturated carbocycles. The Morgan fingerprint density at radius 1 is 1.32 bits per heavy atom. The number of nitrogens with zero attached hydrogens (tertiary/aromatic N) is 3. The van der Waals surface area contributed by atoms with Crippen molar-refractivity contribution in [2.75, 3.05) is 0 Å². The molecule has 1 unspecified atom stereocenters. The average Bonchev–Trinajstić information content (AvgIpc) is 2.77. The third-order valence-corrected chi connectivity index (χ3v) is 3.63. The Labute approximate surface area is 121 Å². The van der Waals surface area contributed by atoms with E-state index >= 15 is 0 Å². The van der Waals surface area contributed by atoms with Crippen molar-refractivity contribution in [3.63, 3.8) is 0 Å². The first-order valence-corrected chi connectivity index (χ1v) is 7.06. The lowest BCUT2D eigenvalue weighted by atomic mass is 9.92. The van der Waals surface area contributed by atoms with E-state index in [1.165, 1.54) is 6.33 Å². The van der Waals surface area contributed by atoms with Gasteiger partial charge in [0.25, 0.3) is 0 Å². The number of halogens is 1. The Kier molecular flexibility index (Phi) is 4.06. The number of hydrogen-bond donors (Lipinski definition) is 1. The Balaban J connectivity index is 2.25. The molecule has 0 aliphatic heterocycles. The number of aromatic nitrogens is 3. The fourth-order valence-electron chi connectivity index (χ4n) is 2.05. The van der Waals surface area contributed by atoms with Gasteiger partial charge in [0.15, 0.2) is 0 Å². The van der Waals surface area contributed by atoms with Crippen LogP contribution < -0.4 is 0 Å². The summed E-state index contributed by atoms with van der Waals surface area (Å²) in [6.07, 6.45) is 1.97. The molecule has 1 atom stereocenters. The second kappa shape index (κ2) is 5.43. The van der Waals surface area contributed by atoms with Crippen LogP contribution in [0.15, 0.2) is 35.1 Å². The summed E-state index contributed by atoms with van der Waals surface area (Å²) in [6.45, 7) is 5.90. The van der Waals surface area contributed by atoms with Crippen molar-refractivity contribution in [3.05, 3.63) is 46.5 Å². The smallest absolute Gasteiger partial charge is 0.138 e. The van der Waals surface area contributed by atoms with Gasteiger partial charge in [0.05, 0.1) is 5.60 Å². The Bertz CT molecular complexity index is 546. The summed E-state index contributed by atoms with van der Waals surface area (Å²) < 4.78 is 2.84. The van der Waals surface area contributed by atoms with Gasteiger partial charge in [-0.3, -0.25) is 0 Å². The van der Waals surface area contributed by atoms with Crippen LogP contribution in [0, 0.1) is 0 Å². The van der Waals surface area contributed by atoms with Gasteiger partial charge in [0.1, 0.15) is 12.2 Å². The monoisotopic (exact) mass is 323 g/mol. The SMILES string of the molecule is CC(C)n1ncnc1CC(C)(O)c1ccc(Br)cc1. The lowest BCUT2D eigenvalue weighted by Crippen LogP contribution is -2.26. The molecule has 1 aromatic heterocycles. The summed E-state index contributed by atoms with van der Waals surface area (Å²) in [5.41, 5.74) is -0.0885. The van der Waals surface area contributed by atoms with Crippen LogP contribution in [-0.2, 0) is 12.0 Å². The summed E-state index contributed by atoms with van der Waals surface area (Å²) >= 11 is 3.40. The van der Waals surface area contributed by atoms with Gasteiger partial charge in [-0.05, 0) is 38.5 Å². The van der Waals surface area contributed by atoms with Crippen molar-refractivity contribution in [2.45, 2.75) is 38.8 Å². The van der Waals surface area contributed by atoms with E-state index in [9.17, 15) is 5.11 Å². The van der Waals surface area contributed by atoms with Gasteiger partial charge in [0.2, 0.25) is 0 Å². The van der Waals surface area contributed by atoms with E-state index in [4.69, 9.17) is 0 Å². The summed E-state index contributed by atoms with van der Waals surface area (Å²) in [5.74, 6) is 0.794. The molecule has 0 radical (unpaired) electrons. The molecule has 0 amide bonds. The largest absolute Gasteiger partial charge is 0.385 e. The van der Waals surface area contributed by atoms with Gasteiger partial charge in [0, 0.05) is 16.9 Å². The molecule has 0 saturated heterocycles. The maximum Gasteiger partial charge on any atom is 0.138 e. The van der Waals surface area contributed by atoms with E-state index in [0.29, 0.717) is 6.42 Å². The zero-order valence-electron chi connectivity index (χ0n) is 11.3. The van der Waals surface area contributed by atoms with Crippen molar-refractivity contribution in [3.8, 4) is 0 Å². The fourth-order valence-corrected chi connectivity index (χ4v) is 2.32. The highest BCUT2D eigenvalue weighted by molar-refractivity contribution is 9.10. The van der Waals surface area contributed by atoms with Crippen molar-refractivity contribution in [1.29, 1.82) is 0 Å². The highest BCUT2D eigenvalue weighted by atomic mass is 79.9. The number of hydrogen-bond acceptors (Lipinski definition) is 3. The second-order valence-electron chi connectivity index (χ2n) is 5.17. The van der Waals surface area contributed by atoms with Crippen LogP contribution in [-0.4, -0.2) is 19.9 Å². The second-order valence-corrected chi connectivity index (χ2v) is 6.09. The van der Waals surface area contributed by atoms with Crippen LogP contribution in [0.25, 0.3) is 0 Å². The third kappa shape index (κ3) is 3.22. The Morgan fingerprint density at radius 2 is 1.95 bits per heavy atom. The molecule has 0 spiro atoms. The minimum atomic E-state index is -0.958. The van der Waals surface area contributed by atoms with E-state index in [0.717, 1.165) is 15.9 Å². The quantitative estimate of drug-likeness (QED) is 0.940. The zero-order chi connectivity index (χ0) is 14.0. The minimum absolute atomic E-state index is 0.234. The maximum atomic E-state index is 10.7. The zero-order valence-corrected chi connectivity index (χ0v) is 12.9. The summed E-state index contributed by atoms with van der Waals surface area (Å²) in [6, 6.07) is 7.92. The topological polar surface area (TPSA) is 50.9 Å². The third-order valence-electron chi connectivity index (χ3n) is 3.10. The molecular formula is C14H18BrN3O. The minimum Gasteiger partial charge on any atom is -0.385 e. The highest BCUT2D eigenvalue weighted by Crippen LogP contribution is 2.26. The Hall–Kier alpha value is -1.20. The van der Waals surface area contributed by atoms with Gasteiger partial charge >= 0.3 is 0 Å². The van der Waals surface area contributed by atoms with Crippen LogP contribution >= 0.6 is 15.9 Å². The van der Waals surface area contributed by atoms with Crippen molar-refractivity contribution in [1.82, 2.24) is 14.8 Å². The molecule has 2 rings (SSSR count). The molecule has 1 N–H and O–H groups in total. The first-order valence-electron chi connectivity index (χ1n) is 6.27. The lowest BCUT2D eigenvalue weighted by molar-refractivity contribution is 0.0539. The maximum absolute atomic E-state index is 10.7. The summed E-state index contributed by atoms with van der Waals surface area (Å²) in [5, 5.41) is 14.9. The molecule has 0 aliphatic carbocycles. The molecule has 2 aromatic rings. The predicted molar refractivity (Wildman–Crippen MR) is 77.8 cm³/mol. The Morgan fingerprint density at radius 3 is 2.53 bits per heavy atom. The highest BCUT2D eigenvalue weighted by Gasteiger charge is 2.26. The first-order chi connectivity index (χ1) is 8.90. The molecule has 5 heteroatoms. The molecule has 19 heavy (non-hydrogen) atoms. The molecule has 1 heterocycles. The standard InChI is InChI=1S/C14H18BrN3O/c1-10(2)18-13(16-9-17-18)8-14(3,19)11-4-6-12(15)7-5-11/h4-7,9-10,19H,8H2,1-3H3.